The number of ether oxygens (including phenoxy) is 1. The first-order valence-corrected chi connectivity index (χ1v) is 15.5. The maximum atomic E-state index is 14.6. The molecule has 0 saturated carbocycles. The fourth-order valence-electron chi connectivity index (χ4n) is 4.92. The van der Waals surface area contributed by atoms with Crippen LogP contribution in [0.25, 0.3) is 0 Å². The average molecular weight is 622 g/mol. The molecule has 3 aromatic rings. The zero-order valence-corrected chi connectivity index (χ0v) is 27.0. The standard InChI is InChI=1S/C35H44ClN3O5/c1-6-7-8-12-21-39(33(42)29(22-25-16-10-9-11-17-25)37-34(43)44-35(3,4)5)31(26-18-14-19-27(40)23-26)32(41)38-30-24(2)15-13-20-28(30)36/h9-11,13-20,23,29,31,40H,6-8,12,21-22H2,1-5H3,(H,37,43)(H,38,41). The van der Waals surface area contributed by atoms with Crippen LogP contribution in [0.4, 0.5) is 10.5 Å². The van der Waals surface area contributed by atoms with Crippen LogP contribution < -0.4 is 10.6 Å². The smallest absolute Gasteiger partial charge is 0.408 e. The first kappa shape index (κ1) is 34.5. The Balaban J connectivity index is 2.09. The Hall–Kier alpha value is -4.04. The molecule has 3 amide bonds. The van der Waals surface area contributed by atoms with Gasteiger partial charge in [-0.15, -0.1) is 0 Å². The number of phenols is 1. The Kier molecular flexibility index (Phi) is 12.6. The summed E-state index contributed by atoms with van der Waals surface area (Å²) < 4.78 is 5.51. The number of halogens is 1. The van der Waals surface area contributed by atoms with E-state index in [1.165, 1.54) is 17.0 Å². The summed E-state index contributed by atoms with van der Waals surface area (Å²) in [5.41, 5.74) is 1.68. The lowest BCUT2D eigenvalue weighted by Crippen LogP contribution is -2.53. The Morgan fingerprint density at radius 3 is 2.30 bits per heavy atom. The van der Waals surface area contributed by atoms with Crippen molar-refractivity contribution in [1.29, 1.82) is 0 Å². The maximum absolute atomic E-state index is 14.6. The van der Waals surface area contributed by atoms with Crippen molar-refractivity contribution in [3.05, 3.63) is 94.5 Å². The number of rotatable bonds is 13. The predicted molar refractivity (Wildman–Crippen MR) is 175 cm³/mol. The summed E-state index contributed by atoms with van der Waals surface area (Å²) in [7, 11) is 0. The van der Waals surface area contributed by atoms with E-state index in [0.717, 1.165) is 30.4 Å². The lowest BCUT2D eigenvalue weighted by Gasteiger charge is -2.35. The summed E-state index contributed by atoms with van der Waals surface area (Å²) in [4.78, 5) is 43.3. The molecule has 0 fully saturated rings. The number of aromatic hydroxyl groups is 1. The van der Waals surface area contributed by atoms with E-state index in [2.05, 4.69) is 17.6 Å². The Bertz CT molecular complexity index is 1390. The van der Waals surface area contributed by atoms with Gasteiger partial charge in [0, 0.05) is 13.0 Å². The van der Waals surface area contributed by atoms with Crippen molar-refractivity contribution in [1.82, 2.24) is 10.2 Å². The van der Waals surface area contributed by atoms with E-state index in [1.807, 2.05) is 43.3 Å². The fraction of sp³-hybridized carbons (Fsp3) is 0.400. The van der Waals surface area contributed by atoms with E-state index in [9.17, 15) is 19.5 Å². The zero-order valence-electron chi connectivity index (χ0n) is 26.2. The number of anilines is 1. The number of unbranched alkanes of at least 4 members (excludes halogenated alkanes) is 3. The van der Waals surface area contributed by atoms with Crippen LogP contribution in [0.1, 0.15) is 76.1 Å². The molecule has 3 N–H and O–H groups in total. The number of nitrogens with one attached hydrogen (secondary N) is 2. The minimum atomic E-state index is -1.13. The molecule has 2 unspecified atom stereocenters. The van der Waals surface area contributed by atoms with Gasteiger partial charge < -0.3 is 25.4 Å². The molecule has 9 heteroatoms. The van der Waals surface area contributed by atoms with E-state index >= 15 is 0 Å². The van der Waals surface area contributed by atoms with Gasteiger partial charge in [-0.2, -0.15) is 0 Å². The third kappa shape index (κ3) is 10.3. The van der Waals surface area contributed by atoms with Gasteiger partial charge in [0.1, 0.15) is 23.4 Å². The molecule has 0 bridgehead atoms. The minimum absolute atomic E-state index is 0.0414. The molecular weight excluding hydrogens is 578 g/mol. The highest BCUT2D eigenvalue weighted by atomic mass is 35.5. The summed E-state index contributed by atoms with van der Waals surface area (Å²) in [6.45, 7) is 9.42. The van der Waals surface area contributed by atoms with Gasteiger partial charge in [0.2, 0.25) is 5.91 Å². The number of amides is 3. The molecule has 236 valence electrons. The number of carbonyl (C=O) groups excluding carboxylic acids is 3. The van der Waals surface area contributed by atoms with Crippen LogP contribution in [0.5, 0.6) is 5.75 Å². The zero-order chi connectivity index (χ0) is 32.3. The quantitative estimate of drug-likeness (QED) is 0.171. The SMILES string of the molecule is CCCCCCN(C(=O)C(Cc1ccccc1)NC(=O)OC(C)(C)C)C(C(=O)Nc1c(C)cccc1Cl)c1cccc(O)c1. The van der Waals surface area contributed by atoms with E-state index in [-0.39, 0.29) is 18.7 Å². The topological polar surface area (TPSA) is 108 Å². The molecule has 44 heavy (non-hydrogen) atoms. The molecule has 3 aromatic carbocycles. The largest absolute Gasteiger partial charge is 0.508 e. The Morgan fingerprint density at radius 2 is 1.66 bits per heavy atom. The molecule has 0 radical (unpaired) electrons. The summed E-state index contributed by atoms with van der Waals surface area (Å²) in [5.74, 6) is -0.984. The van der Waals surface area contributed by atoms with Gasteiger partial charge in [-0.05, 0) is 69.0 Å². The minimum Gasteiger partial charge on any atom is -0.508 e. The van der Waals surface area contributed by atoms with Crippen molar-refractivity contribution in [3.63, 3.8) is 0 Å². The number of aryl methyl sites for hydroxylation is 1. The molecule has 2 atom stereocenters. The Morgan fingerprint density at radius 1 is 0.955 bits per heavy atom. The van der Waals surface area contributed by atoms with E-state index in [1.54, 1.807) is 45.0 Å². The van der Waals surface area contributed by atoms with Crippen molar-refractivity contribution in [3.8, 4) is 5.75 Å². The molecule has 0 aliphatic rings. The number of para-hydroxylation sites is 1. The van der Waals surface area contributed by atoms with Crippen LogP contribution in [-0.2, 0) is 20.7 Å². The molecule has 0 spiro atoms. The van der Waals surface area contributed by atoms with Gasteiger partial charge in [-0.25, -0.2) is 4.79 Å². The lowest BCUT2D eigenvalue weighted by molar-refractivity contribution is -0.140. The van der Waals surface area contributed by atoms with Crippen LogP contribution in [0.2, 0.25) is 5.02 Å². The van der Waals surface area contributed by atoms with Gasteiger partial charge in [-0.3, -0.25) is 9.59 Å². The van der Waals surface area contributed by atoms with Crippen LogP contribution in [0, 0.1) is 6.92 Å². The summed E-state index contributed by atoms with van der Waals surface area (Å²) in [6.07, 6.45) is 2.89. The summed E-state index contributed by atoms with van der Waals surface area (Å²) >= 11 is 6.46. The normalized spacial score (nSPS) is 12.6. The molecule has 0 aliphatic carbocycles. The fourth-order valence-corrected chi connectivity index (χ4v) is 5.19. The second-order valence-electron chi connectivity index (χ2n) is 11.9. The summed E-state index contributed by atoms with van der Waals surface area (Å²) in [6, 6.07) is 18.8. The van der Waals surface area contributed by atoms with Crippen molar-refractivity contribution < 1.29 is 24.2 Å². The second-order valence-corrected chi connectivity index (χ2v) is 12.3. The number of nitrogens with zero attached hydrogens (tertiary/aromatic N) is 1. The van der Waals surface area contributed by atoms with Gasteiger partial charge >= 0.3 is 6.09 Å². The molecule has 8 nitrogen and oxygen atoms in total. The average Bonchev–Trinajstić information content (AvgIpc) is 2.95. The lowest BCUT2D eigenvalue weighted by atomic mass is 9.99. The third-order valence-electron chi connectivity index (χ3n) is 7.02. The number of benzene rings is 3. The number of alkyl carbamates (subject to hydrolysis) is 1. The molecular formula is C35H44ClN3O5. The molecule has 0 aromatic heterocycles. The number of phenolic OH excluding ortho intramolecular Hbond substituents is 1. The van der Waals surface area contributed by atoms with Crippen molar-refractivity contribution in [2.75, 3.05) is 11.9 Å². The molecule has 0 heterocycles. The van der Waals surface area contributed by atoms with Gasteiger partial charge in [0.05, 0.1) is 10.7 Å². The number of hydrogen-bond donors (Lipinski definition) is 3. The van der Waals surface area contributed by atoms with Crippen LogP contribution >= 0.6 is 11.6 Å². The number of hydrogen-bond acceptors (Lipinski definition) is 5. The molecule has 3 rings (SSSR count). The van der Waals surface area contributed by atoms with Gasteiger partial charge in [0.25, 0.3) is 5.91 Å². The highest BCUT2D eigenvalue weighted by Gasteiger charge is 2.36. The maximum Gasteiger partial charge on any atom is 0.408 e. The monoisotopic (exact) mass is 621 g/mol. The first-order valence-electron chi connectivity index (χ1n) is 15.1. The van der Waals surface area contributed by atoms with Crippen LogP contribution in [-0.4, -0.2) is 46.1 Å². The highest BCUT2D eigenvalue weighted by Crippen LogP contribution is 2.31. The summed E-state index contributed by atoms with van der Waals surface area (Å²) in [5, 5.41) is 16.5. The first-order chi connectivity index (χ1) is 20.9. The Labute approximate surface area is 265 Å². The number of carbonyl (C=O) groups is 3. The van der Waals surface area contributed by atoms with Crippen molar-refractivity contribution in [2.45, 2.75) is 84.4 Å². The van der Waals surface area contributed by atoms with Gasteiger partial charge in [0.15, 0.2) is 0 Å². The molecule has 0 aliphatic heterocycles. The van der Waals surface area contributed by atoms with Crippen LogP contribution in [0.15, 0.2) is 72.8 Å². The van der Waals surface area contributed by atoms with E-state index in [4.69, 9.17) is 16.3 Å². The van der Waals surface area contributed by atoms with Crippen molar-refractivity contribution in [2.24, 2.45) is 0 Å². The highest BCUT2D eigenvalue weighted by molar-refractivity contribution is 6.34. The van der Waals surface area contributed by atoms with Crippen molar-refractivity contribution >= 4 is 35.2 Å². The third-order valence-corrected chi connectivity index (χ3v) is 7.34. The second kappa shape index (κ2) is 16.1. The van der Waals surface area contributed by atoms with Gasteiger partial charge in [-0.1, -0.05) is 92.4 Å². The van der Waals surface area contributed by atoms with E-state index in [0.29, 0.717) is 22.7 Å². The predicted octanol–water partition coefficient (Wildman–Crippen LogP) is 7.58. The van der Waals surface area contributed by atoms with Crippen LogP contribution in [0.3, 0.4) is 0 Å². The van der Waals surface area contributed by atoms with E-state index < -0.39 is 35.6 Å². The molecule has 0 saturated heterocycles.